The summed E-state index contributed by atoms with van der Waals surface area (Å²) in [5.74, 6) is -0.348. The summed E-state index contributed by atoms with van der Waals surface area (Å²) in [5, 5.41) is 9.16. The SMILES string of the molecule is CC1(C)C(/C=C/C2=C(Oc3ccc(S(=O)(=O)O)cc3)C(=C/C=C3/N(CCCCS(=O)(=O)O)c4ccc(S(=O)(=O)O)cc4C3(C)C)/CCC2)=[N+](CCCCCC(=O)O)c2ccccc21. The van der Waals surface area contributed by atoms with E-state index in [0.717, 1.165) is 47.5 Å². The van der Waals surface area contributed by atoms with Crippen LogP contribution in [0.5, 0.6) is 5.75 Å². The summed E-state index contributed by atoms with van der Waals surface area (Å²) in [5.41, 5.74) is 5.94. The molecule has 2 heterocycles. The van der Waals surface area contributed by atoms with Crippen LogP contribution in [0.2, 0.25) is 0 Å². The number of carbonyl (C=O) groups is 1. The summed E-state index contributed by atoms with van der Waals surface area (Å²) < 4.78 is 109. The Balaban J connectivity index is 1.45. The zero-order chi connectivity index (χ0) is 46.0. The maximum absolute atomic E-state index is 12.2. The van der Waals surface area contributed by atoms with Crippen molar-refractivity contribution >= 4 is 53.4 Å². The van der Waals surface area contributed by atoms with Crippen molar-refractivity contribution < 1.29 is 58.1 Å². The van der Waals surface area contributed by atoms with Crippen LogP contribution in [-0.2, 0) is 46.0 Å². The lowest BCUT2D eigenvalue weighted by Crippen LogP contribution is -2.28. The van der Waals surface area contributed by atoms with Crippen molar-refractivity contribution in [3.05, 3.63) is 125 Å². The number of hydrogen-bond acceptors (Lipinski definition) is 9. The fourth-order valence-electron chi connectivity index (χ4n) is 8.72. The summed E-state index contributed by atoms with van der Waals surface area (Å²) in [6.07, 6.45) is 12.9. The molecule has 6 rings (SSSR count). The Morgan fingerprint density at radius 2 is 1.44 bits per heavy atom. The molecule has 4 N–H and O–H groups in total. The average Bonchev–Trinajstić information content (AvgIpc) is 3.55. The van der Waals surface area contributed by atoms with Gasteiger partial charge in [0.2, 0.25) is 5.69 Å². The van der Waals surface area contributed by atoms with Crippen LogP contribution < -0.4 is 9.64 Å². The molecule has 3 aromatic carbocycles. The highest BCUT2D eigenvalue weighted by molar-refractivity contribution is 7.86. The molecular formula is C46H55N2O12S3+. The standard InChI is InChI=1S/C46H54N2O12S3/c1-45(2)37-15-7-8-16-39(37)47(28-9-5-6-17-43(49)50)41(45)26-18-32-13-12-14-33(44(32)60-34-20-22-35(23-21-34)62(54,55)56)19-27-42-46(3,4)38-31-36(63(57,58)59)24-25-40(38)48(42)29-10-11-30-61(51,52)53/h7-8,15-16,18-27,31H,5-6,9-14,17,28-30H2,1-4H3,(H3-,49,50,51,52,53,54,55,56,57,58,59)/p+1. The zero-order valence-electron chi connectivity index (χ0n) is 35.8. The quantitative estimate of drug-likeness (QED) is 0.0535. The van der Waals surface area contributed by atoms with Crippen LogP contribution in [0.4, 0.5) is 11.4 Å². The first kappa shape index (κ1) is 47.6. The second-order valence-corrected chi connectivity index (χ2v) is 21.6. The Hall–Kier alpha value is -4.91. The number of fused-ring (bicyclic) bond motifs is 2. The van der Waals surface area contributed by atoms with Crippen LogP contribution in [-0.4, -0.2) is 79.1 Å². The molecule has 1 aliphatic carbocycles. The van der Waals surface area contributed by atoms with E-state index >= 15 is 0 Å². The maximum Gasteiger partial charge on any atom is 0.303 e. The molecular weight excluding hydrogens is 869 g/mol. The largest absolute Gasteiger partial charge is 0.481 e. The number of nitrogens with zero attached hydrogens (tertiary/aromatic N) is 2. The number of ether oxygens (including phenoxy) is 1. The smallest absolute Gasteiger partial charge is 0.303 e. The highest BCUT2D eigenvalue weighted by Gasteiger charge is 2.44. The topological polar surface area (TPSA) is 216 Å². The lowest BCUT2D eigenvalue weighted by Gasteiger charge is -2.27. The summed E-state index contributed by atoms with van der Waals surface area (Å²) in [7, 11) is -13.2. The molecule has 17 heteroatoms. The number of anilines is 1. The van der Waals surface area contributed by atoms with Crippen molar-refractivity contribution in [1.29, 1.82) is 0 Å². The minimum absolute atomic E-state index is 0.120. The van der Waals surface area contributed by atoms with Gasteiger partial charge in [-0.15, -0.1) is 0 Å². The third kappa shape index (κ3) is 11.1. The molecule has 3 aromatic rings. The van der Waals surface area contributed by atoms with Crippen molar-refractivity contribution in [3.8, 4) is 5.75 Å². The molecule has 3 aliphatic rings. The fourth-order valence-corrected chi connectivity index (χ4v) is 10.3. The number of carboxylic acids is 1. The van der Waals surface area contributed by atoms with Crippen LogP contribution in [0.3, 0.4) is 0 Å². The monoisotopic (exact) mass is 923 g/mol. The normalized spacial score (nSPS) is 18.7. The van der Waals surface area contributed by atoms with Gasteiger partial charge in [0.25, 0.3) is 30.4 Å². The Morgan fingerprint density at radius 3 is 2.11 bits per heavy atom. The van der Waals surface area contributed by atoms with Gasteiger partial charge in [0.05, 0.1) is 21.0 Å². The molecule has 338 valence electrons. The first-order chi connectivity index (χ1) is 29.5. The predicted molar refractivity (Wildman–Crippen MR) is 241 cm³/mol. The van der Waals surface area contributed by atoms with E-state index in [0.29, 0.717) is 61.5 Å². The van der Waals surface area contributed by atoms with Crippen molar-refractivity contribution in [1.82, 2.24) is 0 Å². The summed E-state index contributed by atoms with van der Waals surface area (Å²) >= 11 is 0. The van der Waals surface area contributed by atoms with Crippen molar-refractivity contribution in [3.63, 3.8) is 0 Å². The van der Waals surface area contributed by atoms with E-state index < -0.39 is 47.5 Å². The highest BCUT2D eigenvalue weighted by Crippen LogP contribution is 2.49. The Kier molecular flexibility index (Phi) is 14.1. The van der Waals surface area contributed by atoms with Crippen LogP contribution in [0, 0.1) is 0 Å². The molecule has 0 fully saturated rings. The number of para-hydroxylation sites is 1. The number of benzene rings is 3. The molecule has 0 bridgehead atoms. The molecule has 0 spiro atoms. The highest BCUT2D eigenvalue weighted by atomic mass is 32.2. The first-order valence-electron chi connectivity index (χ1n) is 20.9. The van der Waals surface area contributed by atoms with Crippen LogP contribution in [0.1, 0.15) is 96.6 Å². The summed E-state index contributed by atoms with van der Waals surface area (Å²) in [4.78, 5) is 12.6. The van der Waals surface area contributed by atoms with Gasteiger partial charge in [-0.25, -0.2) is 0 Å². The first-order valence-corrected chi connectivity index (χ1v) is 25.4. The Bertz CT molecular complexity index is 2760. The zero-order valence-corrected chi connectivity index (χ0v) is 38.3. The van der Waals surface area contributed by atoms with Crippen LogP contribution >= 0.6 is 0 Å². The molecule has 14 nitrogen and oxygen atoms in total. The lowest BCUT2D eigenvalue weighted by molar-refractivity contribution is -0.438. The molecule has 0 unspecified atom stereocenters. The molecule has 0 atom stereocenters. The maximum atomic E-state index is 12.2. The number of rotatable bonds is 18. The van der Waals surface area contributed by atoms with E-state index in [2.05, 4.69) is 42.7 Å². The second-order valence-electron chi connectivity index (χ2n) is 17.1. The molecule has 0 saturated carbocycles. The van der Waals surface area contributed by atoms with E-state index in [9.17, 15) is 43.7 Å². The number of hydrogen-bond donors (Lipinski definition) is 4. The van der Waals surface area contributed by atoms with Crippen molar-refractivity contribution in [2.75, 3.05) is 23.7 Å². The Labute approximate surface area is 370 Å². The van der Waals surface area contributed by atoms with Crippen LogP contribution in [0.25, 0.3) is 0 Å². The summed E-state index contributed by atoms with van der Waals surface area (Å²) in [6, 6.07) is 18.1. The Morgan fingerprint density at radius 1 is 0.762 bits per heavy atom. The number of aliphatic carboxylic acids is 1. The van der Waals surface area contributed by atoms with Gasteiger partial charge in [-0.3, -0.25) is 18.5 Å². The van der Waals surface area contributed by atoms with Gasteiger partial charge in [0.15, 0.2) is 5.71 Å². The number of unbranched alkanes of at least 4 members (excludes halogenated alkanes) is 3. The van der Waals surface area contributed by atoms with Gasteiger partial charge in [-0.2, -0.15) is 29.8 Å². The molecule has 0 aromatic heterocycles. The third-order valence-electron chi connectivity index (χ3n) is 12.0. The second kappa shape index (κ2) is 18.7. The van der Waals surface area contributed by atoms with E-state index in [4.69, 9.17) is 9.84 Å². The fraction of sp³-hybridized carbons (Fsp3) is 0.391. The van der Waals surface area contributed by atoms with E-state index in [1.807, 2.05) is 43.0 Å². The summed E-state index contributed by atoms with van der Waals surface area (Å²) in [6.45, 7) is 9.23. The molecule has 0 radical (unpaired) electrons. The van der Waals surface area contributed by atoms with E-state index in [1.165, 1.54) is 42.0 Å². The minimum Gasteiger partial charge on any atom is -0.481 e. The molecule has 0 saturated heterocycles. The number of allylic oxidation sites excluding steroid dienone is 7. The average molecular weight is 924 g/mol. The van der Waals surface area contributed by atoms with Crippen LogP contribution in [0.15, 0.2) is 123 Å². The molecule has 63 heavy (non-hydrogen) atoms. The third-order valence-corrected chi connectivity index (χ3v) is 14.5. The molecule has 0 amide bonds. The van der Waals surface area contributed by atoms with Gasteiger partial charge >= 0.3 is 5.97 Å². The van der Waals surface area contributed by atoms with Gasteiger partial charge < -0.3 is 14.7 Å². The van der Waals surface area contributed by atoms with E-state index in [-0.39, 0.29) is 28.0 Å². The van der Waals surface area contributed by atoms with Gasteiger partial charge in [-0.1, -0.05) is 38.1 Å². The lowest BCUT2D eigenvalue weighted by atomic mass is 9.81. The van der Waals surface area contributed by atoms with Gasteiger partial charge in [0.1, 0.15) is 18.1 Å². The van der Waals surface area contributed by atoms with Gasteiger partial charge in [-0.05, 0) is 130 Å². The van der Waals surface area contributed by atoms with Gasteiger partial charge in [0, 0.05) is 53.9 Å². The predicted octanol–water partition coefficient (Wildman–Crippen LogP) is 8.55. The number of carboxylic acid groups (broad SMARTS) is 1. The van der Waals surface area contributed by atoms with Crippen molar-refractivity contribution in [2.24, 2.45) is 0 Å². The minimum atomic E-state index is -4.52. The van der Waals surface area contributed by atoms with Crippen molar-refractivity contribution in [2.45, 2.75) is 106 Å². The van der Waals surface area contributed by atoms with E-state index in [1.54, 1.807) is 6.07 Å². The molecule has 2 aliphatic heterocycles.